The minimum absolute atomic E-state index is 0.0936. The summed E-state index contributed by atoms with van der Waals surface area (Å²) in [5.74, 6) is 0. The van der Waals surface area contributed by atoms with Crippen molar-refractivity contribution in [3.8, 4) is 52.2 Å². The smallest absolute Gasteiger partial charge is 0.237 e. The molecule has 16 heteroatoms. The molecule has 0 saturated heterocycles. The van der Waals surface area contributed by atoms with Crippen LogP contribution < -0.4 is 4.68 Å². The number of aliphatic hydroxyl groups excluding tert-OH is 2. The lowest BCUT2D eigenvalue weighted by molar-refractivity contribution is -0.667. The SMILES string of the molecule is N#Cc1cc(-[n+]2cc(C#N)c3c(Sc4ccccc4C#N)cc(-c4cnn([C@@H]5CCCC[C@H]5O)c4)cn32)ccc1Sc1cc(-c2cnn([C@H]3CCCC[C@@H]3O)c2)cn2ncc(C#N)c12. The van der Waals surface area contributed by atoms with Crippen molar-refractivity contribution in [3.63, 3.8) is 0 Å². The second-order valence-electron chi connectivity index (χ2n) is 16.2. The predicted molar refractivity (Wildman–Crippen MR) is 237 cm³/mol. The maximum atomic E-state index is 10.8. The van der Waals surface area contributed by atoms with E-state index in [4.69, 9.17) is 5.10 Å². The lowest BCUT2D eigenvalue weighted by Crippen LogP contribution is -2.36. The second kappa shape index (κ2) is 17.2. The van der Waals surface area contributed by atoms with Crippen LogP contribution in [-0.4, -0.2) is 56.1 Å². The number of fused-ring (bicyclic) bond motifs is 2. The number of nitriles is 4. The van der Waals surface area contributed by atoms with E-state index in [9.17, 15) is 31.3 Å². The van der Waals surface area contributed by atoms with Gasteiger partial charge >= 0.3 is 0 Å². The van der Waals surface area contributed by atoms with Crippen molar-refractivity contribution in [1.29, 1.82) is 21.0 Å². The molecule has 2 fully saturated rings. The van der Waals surface area contributed by atoms with Gasteiger partial charge in [0.2, 0.25) is 11.9 Å². The molecule has 2 aromatic carbocycles. The molecule has 0 bridgehead atoms. The van der Waals surface area contributed by atoms with Crippen LogP contribution in [0.15, 0.2) is 124 Å². The normalized spacial score (nSPS) is 18.7. The zero-order chi connectivity index (χ0) is 43.9. The van der Waals surface area contributed by atoms with E-state index in [2.05, 4.69) is 34.5 Å². The molecule has 8 aromatic rings. The first-order valence-corrected chi connectivity index (χ1v) is 22.7. The highest BCUT2D eigenvalue weighted by molar-refractivity contribution is 8.00. The molecule has 14 nitrogen and oxygen atoms in total. The summed E-state index contributed by atoms with van der Waals surface area (Å²) >= 11 is 2.76. The number of pyridine rings is 2. The summed E-state index contributed by atoms with van der Waals surface area (Å²) in [5.41, 5.74) is 6.83. The summed E-state index contributed by atoms with van der Waals surface area (Å²) in [5, 5.41) is 76.7. The Labute approximate surface area is 376 Å². The van der Waals surface area contributed by atoms with E-state index in [0.29, 0.717) is 43.9 Å². The first-order valence-electron chi connectivity index (χ1n) is 21.1. The molecule has 0 amide bonds. The van der Waals surface area contributed by atoms with E-state index in [1.54, 1.807) is 35.2 Å². The van der Waals surface area contributed by atoms with Gasteiger partial charge in [0.15, 0.2) is 0 Å². The predicted octanol–water partition coefficient (Wildman–Crippen LogP) is 8.33. The number of hydrogen-bond acceptors (Lipinski definition) is 11. The Bertz CT molecular complexity index is 3280. The van der Waals surface area contributed by atoms with E-state index >= 15 is 0 Å². The van der Waals surface area contributed by atoms with Gasteiger partial charge in [0.1, 0.15) is 35.4 Å². The Morgan fingerprint density at radius 2 is 1.12 bits per heavy atom. The van der Waals surface area contributed by atoms with Crippen molar-refractivity contribution >= 4 is 34.6 Å². The summed E-state index contributed by atoms with van der Waals surface area (Å²) in [4.78, 5) is 2.86. The van der Waals surface area contributed by atoms with Gasteiger partial charge in [-0.05, 0) is 56.0 Å². The zero-order valence-corrected chi connectivity index (χ0v) is 36.0. The van der Waals surface area contributed by atoms with Crippen LogP contribution in [0.2, 0.25) is 0 Å². The van der Waals surface area contributed by atoms with Gasteiger partial charge in [0, 0.05) is 72.6 Å². The summed E-state index contributed by atoms with van der Waals surface area (Å²) in [6.45, 7) is 0. The molecule has 0 unspecified atom stereocenters. The zero-order valence-electron chi connectivity index (χ0n) is 34.4. The third-order valence-corrected chi connectivity index (χ3v) is 14.5. The molecule has 2 N–H and O–H groups in total. The molecule has 0 spiro atoms. The molecule has 0 radical (unpaired) electrons. The number of nitrogens with zero attached hydrogens (tertiary/aromatic N) is 12. The molecule has 0 aliphatic heterocycles. The fraction of sp³-hybridized carbons (Fsp3) is 0.250. The Morgan fingerprint density at radius 1 is 0.547 bits per heavy atom. The first-order chi connectivity index (χ1) is 31.3. The fourth-order valence-electron chi connectivity index (χ4n) is 9.01. The monoisotopic (exact) mass is 879 g/mol. The minimum atomic E-state index is -0.479. The largest absolute Gasteiger partial charge is 0.391 e. The molecular weight excluding hydrogens is 841 g/mol. The lowest BCUT2D eigenvalue weighted by atomic mass is 9.93. The van der Waals surface area contributed by atoms with Crippen LogP contribution in [0.5, 0.6) is 0 Å². The highest BCUT2D eigenvalue weighted by Crippen LogP contribution is 2.40. The number of aromatic nitrogens is 8. The van der Waals surface area contributed by atoms with Crippen LogP contribution >= 0.6 is 23.5 Å². The summed E-state index contributed by atoms with van der Waals surface area (Å²) in [6, 6.07) is 26.0. The number of rotatable bonds is 9. The Balaban J connectivity index is 1.06. The molecule has 314 valence electrons. The lowest BCUT2D eigenvalue weighted by Gasteiger charge is -2.27. The second-order valence-corrected chi connectivity index (χ2v) is 18.4. The van der Waals surface area contributed by atoms with E-state index in [0.717, 1.165) is 88.3 Å². The fourth-order valence-corrected chi connectivity index (χ4v) is 11.2. The molecule has 2 aliphatic carbocycles. The van der Waals surface area contributed by atoms with Crippen molar-refractivity contribution in [1.82, 2.24) is 33.7 Å². The van der Waals surface area contributed by atoms with Crippen LogP contribution in [0.1, 0.15) is 85.7 Å². The molecule has 2 aliphatic rings. The Kier molecular flexibility index (Phi) is 11.0. The molecule has 64 heavy (non-hydrogen) atoms. The minimum Gasteiger partial charge on any atom is -0.391 e. The van der Waals surface area contributed by atoms with Gasteiger partial charge in [0.05, 0.1) is 71.3 Å². The van der Waals surface area contributed by atoms with Crippen LogP contribution in [0.4, 0.5) is 0 Å². The summed E-state index contributed by atoms with van der Waals surface area (Å²) < 4.78 is 9.11. The Morgan fingerprint density at radius 3 is 1.75 bits per heavy atom. The number of hydrogen-bond donors (Lipinski definition) is 2. The van der Waals surface area contributed by atoms with E-state index in [1.165, 1.54) is 29.7 Å². The standard InChI is InChI=1S/C48H39N12O2S2/c49-18-30-7-1-6-12-43(30)63-46-17-33(37-24-54-57(27-37)40-9-3-5-11-42(40)62)28-60-48(46)35(21-52)29-59(60)38-13-14-44(31(15-38)19-50)64-45-16-32(25-58-47(45)34(20-51)22-55-58)36-23-53-56(26-36)39-8-2-4-10-41(39)61/h1,6-7,12-17,22-29,39-42,61-62H,2-5,8-11H2/q+1/t39-,40+,41-,42+/m0/s1. The van der Waals surface area contributed by atoms with Gasteiger partial charge in [-0.2, -0.15) is 36.3 Å². The molecular formula is C48H39N12O2S2+. The van der Waals surface area contributed by atoms with Gasteiger partial charge in [-0.1, -0.05) is 66.0 Å². The van der Waals surface area contributed by atoms with Crippen molar-refractivity contribution < 1.29 is 14.9 Å². The van der Waals surface area contributed by atoms with E-state index in [-0.39, 0.29) is 12.1 Å². The first kappa shape index (κ1) is 40.9. The van der Waals surface area contributed by atoms with Crippen molar-refractivity contribution in [3.05, 3.63) is 126 Å². The average Bonchev–Trinajstić information content (AvgIpc) is 4.16. The van der Waals surface area contributed by atoms with Gasteiger partial charge in [-0.25, -0.2) is 4.52 Å². The molecule has 6 heterocycles. The van der Waals surface area contributed by atoms with Crippen molar-refractivity contribution in [2.75, 3.05) is 0 Å². The number of benzene rings is 2. The third-order valence-electron chi connectivity index (χ3n) is 12.3. The summed E-state index contributed by atoms with van der Waals surface area (Å²) in [7, 11) is 0. The maximum absolute atomic E-state index is 10.8. The van der Waals surface area contributed by atoms with Gasteiger partial charge in [-0.3, -0.25) is 9.36 Å². The summed E-state index contributed by atoms with van der Waals surface area (Å²) in [6.07, 6.45) is 20.8. The molecule has 10 rings (SSSR count). The maximum Gasteiger partial charge on any atom is 0.237 e. The highest BCUT2D eigenvalue weighted by Gasteiger charge is 2.29. The van der Waals surface area contributed by atoms with E-state index < -0.39 is 12.2 Å². The van der Waals surface area contributed by atoms with Gasteiger partial charge < -0.3 is 10.2 Å². The van der Waals surface area contributed by atoms with Crippen LogP contribution in [0, 0.1) is 45.3 Å². The number of aliphatic hydroxyl groups is 2. The van der Waals surface area contributed by atoms with Gasteiger partial charge in [-0.15, -0.1) is 4.52 Å². The topological polar surface area (TPSA) is 197 Å². The van der Waals surface area contributed by atoms with Crippen molar-refractivity contribution in [2.24, 2.45) is 0 Å². The highest BCUT2D eigenvalue weighted by atomic mass is 32.2. The Hall–Kier alpha value is -7.18. The molecule has 6 aromatic heterocycles. The van der Waals surface area contributed by atoms with Crippen molar-refractivity contribution in [2.45, 2.75) is 95.2 Å². The average molecular weight is 880 g/mol. The van der Waals surface area contributed by atoms with Crippen LogP contribution in [0.25, 0.3) is 39.0 Å². The van der Waals surface area contributed by atoms with Crippen LogP contribution in [0.3, 0.4) is 0 Å². The van der Waals surface area contributed by atoms with Crippen LogP contribution in [-0.2, 0) is 0 Å². The van der Waals surface area contributed by atoms with E-state index in [1.807, 2.05) is 85.8 Å². The molecule has 2 saturated carbocycles. The third kappa shape index (κ3) is 7.47. The van der Waals surface area contributed by atoms with Gasteiger partial charge in [0.25, 0.3) is 0 Å². The quantitative estimate of drug-likeness (QED) is 0.132. The molecule has 4 atom stereocenters.